The average molecular weight is 322 g/mol. The Bertz CT molecular complexity index is 465. The van der Waals surface area contributed by atoms with Crippen LogP contribution in [0.1, 0.15) is 11.7 Å². The van der Waals surface area contributed by atoms with Gasteiger partial charge in [-0.1, -0.05) is 12.1 Å². The number of aliphatic hydroxyl groups excluding tert-OH is 1. The third-order valence-corrected chi connectivity index (χ3v) is 2.55. The van der Waals surface area contributed by atoms with Crippen molar-refractivity contribution in [1.82, 2.24) is 10.6 Å². The van der Waals surface area contributed by atoms with Crippen molar-refractivity contribution in [3.8, 4) is 5.75 Å². The lowest BCUT2D eigenvalue weighted by atomic mass is 10.1. The van der Waals surface area contributed by atoms with Crippen LogP contribution < -0.4 is 15.4 Å². The molecule has 0 aliphatic rings. The van der Waals surface area contributed by atoms with Gasteiger partial charge in [-0.25, -0.2) is 4.79 Å². The first-order valence-electron chi connectivity index (χ1n) is 6.36. The van der Waals surface area contributed by atoms with E-state index in [1.165, 1.54) is 19.2 Å². The third kappa shape index (κ3) is 7.14. The molecule has 0 aromatic heterocycles. The second kappa shape index (κ2) is 8.44. The third-order valence-electron chi connectivity index (χ3n) is 2.55. The van der Waals surface area contributed by atoms with Gasteiger partial charge >= 0.3 is 12.4 Å². The molecule has 0 bridgehead atoms. The first-order chi connectivity index (χ1) is 10.3. The molecular formula is C13H17F3N2O4. The maximum Gasteiger partial charge on any atom is 0.573 e. The predicted molar refractivity (Wildman–Crippen MR) is 71.4 cm³/mol. The number of benzene rings is 1. The molecular weight excluding hydrogens is 305 g/mol. The fraction of sp³-hybridized carbons (Fsp3) is 0.462. The summed E-state index contributed by atoms with van der Waals surface area (Å²) in [6.07, 6.45) is -5.81. The second-order valence-corrected chi connectivity index (χ2v) is 4.26. The van der Waals surface area contributed by atoms with Gasteiger partial charge < -0.3 is 25.2 Å². The summed E-state index contributed by atoms with van der Waals surface area (Å²) in [7, 11) is 1.50. The topological polar surface area (TPSA) is 79.8 Å². The number of ether oxygens (including phenoxy) is 2. The maximum atomic E-state index is 12.0. The molecule has 1 aromatic rings. The molecule has 0 unspecified atom stereocenters. The minimum absolute atomic E-state index is 0.0850. The number of hydrogen-bond donors (Lipinski definition) is 3. The quantitative estimate of drug-likeness (QED) is 0.666. The van der Waals surface area contributed by atoms with Crippen molar-refractivity contribution in [2.24, 2.45) is 0 Å². The van der Waals surface area contributed by atoms with E-state index in [1.807, 2.05) is 0 Å². The summed E-state index contributed by atoms with van der Waals surface area (Å²) in [6, 6.07) is 4.27. The van der Waals surface area contributed by atoms with Crippen LogP contribution in [0.15, 0.2) is 24.3 Å². The number of methoxy groups -OCH3 is 1. The molecule has 0 fully saturated rings. The van der Waals surface area contributed by atoms with Crippen molar-refractivity contribution >= 4 is 6.03 Å². The number of nitrogens with one attached hydrogen (secondary N) is 2. The first kappa shape index (κ1) is 18.1. The Balaban J connectivity index is 2.42. The van der Waals surface area contributed by atoms with Crippen molar-refractivity contribution in [3.05, 3.63) is 29.8 Å². The van der Waals surface area contributed by atoms with E-state index in [-0.39, 0.29) is 12.3 Å². The van der Waals surface area contributed by atoms with E-state index in [9.17, 15) is 23.1 Å². The summed E-state index contributed by atoms with van der Waals surface area (Å²) in [5, 5.41) is 14.8. The molecule has 0 heterocycles. The molecule has 1 atom stereocenters. The van der Waals surface area contributed by atoms with Crippen LogP contribution in [-0.2, 0) is 4.74 Å². The van der Waals surface area contributed by atoms with Crippen molar-refractivity contribution in [3.63, 3.8) is 0 Å². The van der Waals surface area contributed by atoms with Gasteiger partial charge in [-0.3, -0.25) is 0 Å². The maximum absolute atomic E-state index is 12.0. The number of aliphatic hydroxyl groups is 1. The van der Waals surface area contributed by atoms with E-state index in [4.69, 9.17) is 4.74 Å². The molecule has 1 aromatic carbocycles. The molecule has 9 heteroatoms. The second-order valence-electron chi connectivity index (χ2n) is 4.26. The Labute approximate surface area is 125 Å². The lowest BCUT2D eigenvalue weighted by Gasteiger charge is -2.14. The van der Waals surface area contributed by atoms with E-state index < -0.39 is 18.5 Å². The molecule has 2 amide bonds. The van der Waals surface area contributed by atoms with Crippen LogP contribution in [0.5, 0.6) is 5.75 Å². The number of hydrogen-bond acceptors (Lipinski definition) is 4. The highest BCUT2D eigenvalue weighted by atomic mass is 19.4. The molecule has 0 aliphatic carbocycles. The standard InChI is InChI=1S/C13H17F3N2O4/c1-21-7-6-17-12(20)18-8-11(19)9-2-4-10(5-3-9)22-13(14,15)16/h2-5,11,19H,6-8H2,1H3,(H2,17,18,20)/t11-/m0/s1. The normalized spacial score (nSPS) is 12.6. The molecule has 6 nitrogen and oxygen atoms in total. The van der Waals surface area contributed by atoms with Crippen molar-refractivity contribution in [2.75, 3.05) is 26.8 Å². The van der Waals surface area contributed by atoms with E-state index in [0.29, 0.717) is 18.7 Å². The fourth-order valence-corrected chi connectivity index (χ4v) is 1.53. The zero-order valence-corrected chi connectivity index (χ0v) is 11.8. The number of carbonyl (C=O) groups excluding carboxylic acids is 1. The lowest BCUT2D eigenvalue weighted by molar-refractivity contribution is -0.274. The minimum Gasteiger partial charge on any atom is -0.406 e. The molecule has 22 heavy (non-hydrogen) atoms. The molecule has 0 saturated heterocycles. The number of rotatable bonds is 7. The number of carbonyl (C=O) groups is 1. The molecule has 1 rings (SSSR count). The van der Waals surface area contributed by atoms with Crippen LogP contribution in [0, 0.1) is 0 Å². The molecule has 0 aliphatic heterocycles. The fourth-order valence-electron chi connectivity index (χ4n) is 1.53. The summed E-state index contributed by atoms with van der Waals surface area (Å²) in [5.41, 5.74) is 0.353. The minimum atomic E-state index is -4.76. The van der Waals surface area contributed by atoms with Crippen molar-refractivity contribution < 1.29 is 32.5 Å². The van der Waals surface area contributed by atoms with Gasteiger partial charge in [-0.05, 0) is 17.7 Å². The van der Waals surface area contributed by atoms with Crippen LogP contribution in [0.4, 0.5) is 18.0 Å². The van der Waals surface area contributed by atoms with Crippen molar-refractivity contribution in [2.45, 2.75) is 12.5 Å². The summed E-state index contributed by atoms with van der Waals surface area (Å²) in [5.74, 6) is -0.381. The van der Waals surface area contributed by atoms with E-state index in [2.05, 4.69) is 15.4 Å². The van der Waals surface area contributed by atoms with Crippen LogP contribution in [0.3, 0.4) is 0 Å². The monoisotopic (exact) mass is 322 g/mol. The Morgan fingerprint density at radius 2 is 1.91 bits per heavy atom. The van der Waals surface area contributed by atoms with Crippen LogP contribution >= 0.6 is 0 Å². The van der Waals surface area contributed by atoms with E-state index in [1.54, 1.807) is 0 Å². The zero-order chi connectivity index (χ0) is 16.6. The van der Waals surface area contributed by atoms with E-state index in [0.717, 1.165) is 12.1 Å². The summed E-state index contributed by atoms with van der Waals surface area (Å²) in [6.45, 7) is 0.594. The van der Waals surface area contributed by atoms with Gasteiger partial charge in [0.05, 0.1) is 12.7 Å². The van der Waals surface area contributed by atoms with Crippen LogP contribution in [-0.4, -0.2) is 44.3 Å². The van der Waals surface area contributed by atoms with Crippen LogP contribution in [0.2, 0.25) is 0 Å². The highest BCUT2D eigenvalue weighted by Crippen LogP contribution is 2.24. The van der Waals surface area contributed by atoms with Crippen molar-refractivity contribution in [1.29, 1.82) is 0 Å². The molecule has 124 valence electrons. The Kier molecular flexibility index (Phi) is 6.93. The van der Waals surface area contributed by atoms with Gasteiger partial charge in [0.2, 0.25) is 0 Å². The summed E-state index contributed by atoms with van der Waals surface area (Å²) < 4.78 is 44.5. The van der Waals surface area contributed by atoms with E-state index >= 15 is 0 Å². The average Bonchev–Trinajstić information content (AvgIpc) is 2.44. The molecule has 0 radical (unpaired) electrons. The van der Waals surface area contributed by atoms with Gasteiger partial charge in [-0.15, -0.1) is 13.2 Å². The summed E-state index contributed by atoms with van der Waals surface area (Å²) >= 11 is 0. The number of alkyl halides is 3. The molecule has 0 spiro atoms. The number of halogens is 3. The Hall–Kier alpha value is -2.00. The predicted octanol–water partition coefficient (Wildman–Crippen LogP) is 1.56. The Morgan fingerprint density at radius 3 is 2.45 bits per heavy atom. The van der Waals surface area contributed by atoms with Crippen LogP contribution in [0.25, 0.3) is 0 Å². The number of amides is 2. The van der Waals surface area contributed by atoms with Gasteiger partial charge in [0.15, 0.2) is 0 Å². The zero-order valence-electron chi connectivity index (χ0n) is 11.8. The lowest BCUT2D eigenvalue weighted by Crippen LogP contribution is -2.39. The largest absolute Gasteiger partial charge is 0.573 e. The molecule has 3 N–H and O–H groups in total. The number of urea groups is 1. The van der Waals surface area contributed by atoms with Gasteiger partial charge in [0.25, 0.3) is 0 Å². The SMILES string of the molecule is COCCNC(=O)NC[C@H](O)c1ccc(OC(F)(F)F)cc1. The first-order valence-corrected chi connectivity index (χ1v) is 6.36. The highest BCUT2D eigenvalue weighted by molar-refractivity contribution is 5.73. The van der Waals surface area contributed by atoms with Gasteiger partial charge in [0.1, 0.15) is 5.75 Å². The summed E-state index contributed by atoms with van der Waals surface area (Å²) in [4.78, 5) is 11.3. The van der Waals surface area contributed by atoms with Gasteiger partial charge in [0, 0.05) is 20.2 Å². The smallest absolute Gasteiger partial charge is 0.406 e. The van der Waals surface area contributed by atoms with Gasteiger partial charge in [-0.2, -0.15) is 0 Å². The highest BCUT2D eigenvalue weighted by Gasteiger charge is 2.31. The molecule has 0 saturated carbocycles. The Morgan fingerprint density at radius 1 is 1.27 bits per heavy atom.